The van der Waals surface area contributed by atoms with Gasteiger partial charge in [0.25, 0.3) is 0 Å². The first-order chi connectivity index (χ1) is 18.9. The van der Waals surface area contributed by atoms with E-state index < -0.39 is 0 Å². The molecule has 9 heteroatoms. The molecule has 7 rings (SSSR count). The summed E-state index contributed by atoms with van der Waals surface area (Å²) in [6.07, 6.45) is 2.66. The Kier molecular flexibility index (Phi) is 5.23. The van der Waals surface area contributed by atoms with E-state index in [1.165, 1.54) is 0 Å². The molecule has 194 valence electrons. The third kappa shape index (κ3) is 3.84. The average Bonchev–Trinajstić information content (AvgIpc) is 3.47. The van der Waals surface area contributed by atoms with Gasteiger partial charge in [0.15, 0.2) is 5.82 Å². The average molecular weight is 517 g/mol. The van der Waals surface area contributed by atoms with Crippen LogP contribution in [0.4, 0.5) is 0 Å². The summed E-state index contributed by atoms with van der Waals surface area (Å²) in [7, 11) is 0. The fourth-order valence-electron chi connectivity index (χ4n) is 5.73. The topological polar surface area (TPSA) is 114 Å². The lowest BCUT2D eigenvalue weighted by Crippen LogP contribution is -2.39. The van der Waals surface area contributed by atoms with E-state index in [1.807, 2.05) is 18.2 Å². The van der Waals surface area contributed by atoms with Crippen molar-refractivity contribution in [3.8, 4) is 28.2 Å². The molecule has 1 fully saturated rings. The zero-order chi connectivity index (χ0) is 26.7. The van der Waals surface area contributed by atoms with Gasteiger partial charge in [0.05, 0.1) is 22.4 Å². The molecule has 0 spiro atoms. The van der Waals surface area contributed by atoms with Crippen molar-refractivity contribution in [3.05, 3.63) is 77.6 Å². The fourth-order valence-corrected chi connectivity index (χ4v) is 5.73. The Balaban J connectivity index is 1.45. The third-order valence-electron chi connectivity index (χ3n) is 7.80. The van der Waals surface area contributed by atoms with E-state index in [2.05, 4.69) is 99.0 Å². The van der Waals surface area contributed by atoms with E-state index >= 15 is 0 Å². The largest absolute Gasteiger partial charge is 0.295 e. The summed E-state index contributed by atoms with van der Waals surface area (Å²) in [5, 5.41) is 19.2. The van der Waals surface area contributed by atoms with E-state index in [9.17, 15) is 4.79 Å². The number of nitrogens with one attached hydrogen (secondary N) is 2. The molecule has 0 atom stereocenters. The number of carbonyl (C=O) groups is 1. The quantitative estimate of drug-likeness (QED) is 0.329. The number of H-pyrrole nitrogens is 1. The Morgan fingerprint density at radius 3 is 2.38 bits per heavy atom. The highest BCUT2D eigenvalue weighted by Crippen LogP contribution is 2.44. The van der Waals surface area contributed by atoms with Gasteiger partial charge in [-0.25, -0.2) is 15.5 Å². The van der Waals surface area contributed by atoms with Crippen molar-refractivity contribution in [2.75, 3.05) is 0 Å². The summed E-state index contributed by atoms with van der Waals surface area (Å²) in [5.74, 6) is 2.07. The van der Waals surface area contributed by atoms with Crippen LogP contribution in [0.2, 0.25) is 0 Å². The number of hydrogen-bond acceptors (Lipinski definition) is 6. The Morgan fingerprint density at radius 1 is 0.923 bits per heavy atom. The first-order valence-electron chi connectivity index (χ1n) is 13.2. The van der Waals surface area contributed by atoms with Crippen molar-refractivity contribution in [2.45, 2.75) is 46.0 Å². The highest BCUT2D eigenvalue weighted by molar-refractivity contribution is 6.11. The van der Waals surface area contributed by atoms with Gasteiger partial charge >= 0.3 is 0 Å². The van der Waals surface area contributed by atoms with Gasteiger partial charge in [0.1, 0.15) is 5.82 Å². The second kappa shape index (κ2) is 8.69. The molecule has 1 amide bonds. The molecular weight excluding hydrogens is 488 g/mol. The smallest absolute Gasteiger partial charge is 0.241 e. The minimum Gasteiger partial charge on any atom is -0.295 e. The summed E-state index contributed by atoms with van der Waals surface area (Å²) in [5.41, 5.74) is 11.4. The highest BCUT2D eigenvalue weighted by Gasteiger charge is 2.35. The van der Waals surface area contributed by atoms with E-state index in [0.29, 0.717) is 18.2 Å². The molecule has 0 radical (unpaired) electrons. The molecule has 2 aliphatic rings. The van der Waals surface area contributed by atoms with Gasteiger partial charge in [0.2, 0.25) is 5.91 Å². The molecule has 3 aromatic carbocycles. The minimum absolute atomic E-state index is 0.0548. The predicted molar refractivity (Wildman–Crippen MR) is 149 cm³/mol. The lowest BCUT2D eigenvalue weighted by Gasteiger charge is -2.30. The molecule has 5 aromatic rings. The van der Waals surface area contributed by atoms with Crippen molar-refractivity contribution in [3.63, 3.8) is 0 Å². The number of tetrazole rings is 1. The maximum atomic E-state index is 12.0. The van der Waals surface area contributed by atoms with Gasteiger partial charge in [-0.3, -0.25) is 9.36 Å². The molecule has 1 aliphatic carbocycles. The molecule has 2 aromatic heterocycles. The van der Waals surface area contributed by atoms with Crippen LogP contribution < -0.4 is 5.43 Å². The number of para-hydroxylation sites is 1. The number of imidazole rings is 1. The Bertz CT molecular complexity index is 1780. The van der Waals surface area contributed by atoms with E-state index in [-0.39, 0.29) is 11.3 Å². The second-order valence-electron chi connectivity index (χ2n) is 11.1. The first-order valence-corrected chi connectivity index (χ1v) is 13.2. The van der Waals surface area contributed by atoms with E-state index in [0.717, 1.165) is 68.9 Å². The Labute approximate surface area is 225 Å². The van der Waals surface area contributed by atoms with E-state index in [1.54, 1.807) is 0 Å². The van der Waals surface area contributed by atoms with E-state index in [4.69, 9.17) is 4.98 Å². The summed E-state index contributed by atoms with van der Waals surface area (Å²) in [4.78, 5) is 17.3. The number of aryl methyl sites for hydroxylation is 1. The molecule has 2 N–H and O–H groups in total. The number of rotatable bonds is 5. The number of aromatic amines is 1. The fraction of sp³-hybridized carbons (Fsp3) is 0.267. The molecule has 1 aliphatic heterocycles. The Morgan fingerprint density at radius 2 is 1.67 bits per heavy atom. The van der Waals surface area contributed by atoms with Crippen molar-refractivity contribution in [1.82, 2.24) is 35.6 Å². The minimum atomic E-state index is -0.367. The summed E-state index contributed by atoms with van der Waals surface area (Å²) < 4.78 is 2.32. The van der Waals surface area contributed by atoms with Gasteiger partial charge in [-0.1, -0.05) is 62.4 Å². The number of hydrogen-bond donors (Lipinski definition) is 2. The zero-order valence-corrected chi connectivity index (χ0v) is 22.1. The molecule has 1 saturated carbocycles. The molecule has 9 nitrogen and oxygen atoms in total. The number of hydrazone groups is 1. The normalized spacial score (nSPS) is 16.8. The maximum absolute atomic E-state index is 12.0. The number of aromatic nitrogens is 6. The maximum Gasteiger partial charge on any atom is 0.241 e. The lowest BCUT2D eigenvalue weighted by molar-refractivity contribution is -0.122. The SMILES string of the molecule is Cc1c(C2=NNC(=O)CC2(C)C)ccc2c1nc(C1CC1)n2-c1ccccc1-c1ccccc1-c1nnn[nH]1. The lowest BCUT2D eigenvalue weighted by atomic mass is 9.78. The van der Waals surface area contributed by atoms with Gasteiger partial charge < -0.3 is 0 Å². The van der Waals surface area contributed by atoms with Gasteiger partial charge in [-0.15, -0.1) is 5.10 Å². The number of fused-ring (bicyclic) bond motifs is 1. The third-order valence-corrected chi connectivity index (χ3v) is 7.80. The van der Waals surface area contributed by atoms with Gasteiger partial charge in [-0.2, -0.15) is 5.10 Å². The van der Waals surface area contributed by atoms with Crippen LogP contribution in [0.5, 0.6) is 0 Å². The van der Waals surface area contributed by atoms with Crippen LogP contribution in [0.3, 0.4) is 0 Å². The predicted octanol–water partition coefficient (Wildman–Crippen LogP) is 5.31. The number of benzene rings is 3. The summed E-state index contributed by atoms with van der Waals surface area (Å²) >= 11 is 0. The summed E-state index contributed by atoms with van der Waals surface area (Å²) in [6, 6.07) is 20.9. The Hall–Kier alpha value is -4.66. The van der Waals surface area contributed by atoms with Gasteiger partial charge in [-0.05, 0) is 53.5 Å². The standard InChI is InChI=1S/C30H28N8O/c1-17-19(27-30(2,3)16-25(39)32-33-27)14-15-24-26(17)31-29(18-12-13-18)38(24)23-11-7-6-9-21(23)20-8-4-5-10-22(20)28-34-36-37-35-28/h4-11,14-15,18H,12-13,16H2,1-3H3,(H,32,39)(H,34,35,36,37). The zero-order valence-electron chi connectivity index (χ0n) is 22.1. The van der Waals surface area contributed by atoms with Crippen molar-refractivity contribution < 1.29 is 4.79 Å². The molecular formula is C30H28N8O. The van der Waals surface area contributed by atoms with Crippen LogP contribution in [0.1, 0.15) is 56.0 Å². The first kappa shape index (κ1) is 23.5. The monoisotopic (exact) mass is 516 g/mol. The van der Waals surface area contributed by atoms with Crippen LogP contribution in [0, 0.1) is 12.3 Å². The number of amides is 1. The summed E-state index contributed by atoms with van der Waals surface area (Å²) in [6.45, 7) is 6.25. The number of carbonyl (C=O) groups excluding carboxylic acids is 1. The molecule has 0 saturated heterocycles. The van der Waals surface area contributed by atoms with Crippen LogP contribution in [0.15, 0.2) is 65.8 Å². The van der Waals surface area contributed by atoms with Gasteiger partial charge in [0, 0.05) is 34.4 Å². The molecule has 3 heterocycles. The highest BCUT2D eigenvalue weighted by atomic mass is 16.2. The van der Waals surface area contributed by atoms with Crippen LogP contribution in [-0.4, -0.2) is 41.8 Å². The molecule has 0 bridgehead atoms. The van der Waals surface area contributed by atoms with Crippen LogP contribution in [-0.2, 0) is 4.79 Å². The molecule has 39 heavy (non-hydrogen) atoms. The molecule has 0 unspecified atom stereocenters. The second-order valence-corrected chi connectivity index (χ2v) is 11.1. The van der Waals surface area contributed by atoms with Crippen LogP contribution in [0.25, 0.3) is 39.2 Å². The number of nitrogens with zero attached hydrogens (tertiary/aromatic N) is 6. The van der Waals surface area contributed by atoms with Crippen molar-refractivity contribution in [1.29, 1.82) is 0 Å². The van der Waals surface area contributed by atoms with Crippen LogP contribution >= 0.6 is 0 Å². The van der Waals surface area contributed by atoms with Crippen molar-refractivity contribution >= 4 is 22.7 Å². The van der Waals surface area contributed by atoms with Crippen molar-refractivity contribution in [2.24, 2.45) is 10.5 Å².